The Bertz CT molecular complexity index is 798. The lowest BCUT2D eigenvalue weighted by atomic mass is 9.72. The summed E-state index contributed by atoms with van der Waals surface area (Å²) in [6.45, 7) is 7.06. The molecule has 0 radical (unpaired) electrons. The molecule has 7 N–H and O–H groups in total. The zero-order chi connectivity index (χ0) is 31.1. The number of nitrogens with one attached hydrogen (secondary N) is 5. The van der Waals surface area contributed by atoms with Crippen molar-refractivity contribution in [2.24, 2.45) is 22.1 Å². The molecule has 0 bridgehead atoms. The summed E-state index contributed by atoms with van der Waals surface area (Å²) in [6.07, 6.45) is 15.9. The molecule has 1 aliphatic rings. The minimum Gasteiger partial charge on any atom is -0.359 e. The standard InChI is InChI=1S/C31H61N7O3S/c1-25-13-8-6-5-7-9-16-31(2,23-25)17-10-11-18-35-27(39)15-20-36-28(40)24-42-22-21-37-29(41)26(32)14-12-19-38-30(33-3)34-4/h25-26H,5-24,32H2,1-4H3,(H,35,39)(H,36,40)(H,37,41)(H2,33,34,38). The third-order valence-electron chi connectivity index (χ3n) is 8.08. The molecule has 0 aromatic carbocycles. The number of nitrogens with two attached hydrogens (primary N) is 1. The van der Waals surface area contributed by atoms with Crippen molar-refractivity contribution in [3.63, 3.8) is 0 Å². The van der Waals surface area contributed by atoms with Crippen molar-refractivity contribution in [3.05, 3.63) is 0 Å². The van der Waals surface area contributed by atoms with Gasteiger partial charge in [0.2, 0.25) is 17.7 Å². The van der Waals surface area contributed by atoms with Crippen LogP contribution in [0.2, 0.25) is 0 Å². The van der Waals surface area contributed by atoms with Crippen LogP contribution in [0.15, 0.2) is 4.99 Å². The molecule has 1 aliphatic carbocycles. The Labute approximate surface area is 259 Å². The summed E-state index contributed by atoms with van der Waals surface area (Å²) in [6, 6.07) is -0.560. The van der Waals surface area contributed by atoms with Crippen molar-refractivity contribution in [2.45, 2.75) is 110 Å². The fourth-order valence-corrected chi connectivity index (χ4v) is 6.37. The van der Waals surface area contributed by atoms with E-state index in [0.717, 1.165) is 25.2 Å². The monoisotopic (exact) mass is 611 g/mol. The van der Waals surface area contributed by atoms with Gasteiger partial charge in [-0.1, -0.05) is 58.8 Å². The van der Waals surface area contributed by atoms with E-state index in [0.29, 0.717) is 55.5 Å². The Morgan fingerprint density at radius 2 is 1.64 bits per heavy atom. The van der Waals surface area contributed by atoms with Gasteiger partial charge >= 0.3 is 0 Å². The molecule has 0 aromatic rings. The van der Waals surface area contributed by atoms with E-state index >= 15 is 0 Å². The molecule has 42 heavy (non-hydrogen) atoms. The number of aliphatic imine (C=N–C) groups is 1. The first-order chi connectivity index (χ1) is 20.2. The number of hydrogen-bond donors (Lipinski definition) is 6. The topological polar surface area (TPSA) is 150 Å². The van der Waals surface area contributed by atoms with Crippen LogP contribution in [0.3, 0.4) is 0 Å². The van der Waals surface area contributed by atoms with Crippen molar-refractivity contribution < 1.29 is 14.4 Å². The quantitative estimate of drug-likeness (QED) is 0.0791. The summed E-state index contributed by atoms with van der Waals surface area (Å²) in [7, 11) is 3.49. The van der Waals surface area contributed by atoms with Crippen LogP contribution in [0.1, 0.15) is 104 Å². The number of thioether (sulfide) groups is 1. The predicted molar refractivity (Wildman–Crippen MR) is 177 cm³/mol. The van der Waals surface area contributed by atoms with Crippen LogP contribution in [-0.2, 0) is 14.4 Å². The summed E-state index contributed by atoms with van der Waals surface area (Å²) >= 11 is 1.44. The van der Waals surface area contributed by atoms with Crippen molar-refractivity contribution >= 4 is 35.4 Å². The Balaban J connectivity index is 2.04. The number of carbonyl (C=O) groups excluding carboxylic acids is 3. The number of unbranched alkanes of at least 4 members (excludes halogenated alkanes) is 1. The van der Waals surface area contributed by atoms with E-state index in [9.17, 15) is 14.4 Å². The van der Waals surface area contributed by atoms with Crippen molar-refractivity contribution in [3.8, 4) is 0 Å². The molecule has 0 aliphatic heterocycles. The Hall–Kier alpha value is -2.01. The molecular weight excluding hydrogens is 550 g/mol. The lowest BCUT2D eigenvalue weighted by molar-refractivity contribution is -0.123. The molecule has 0 saturated heterocycles. The highest BCUT2D eigenvalue weighted by atomic mass is 32.2. The highest BCUT2D eigenvalue weighted by Crippen LogP contribution is 2.39. The highest BCUT2D eigenvalue weighted by molar-refractivity contribution is 7.99. The number of rotatable bonds is 18. The van der Waals surface area contributed by atoms with Gasteiger partial charge in [-0.2, -0.15) is 11.8 Å². The molecule has 244 valence electrons. The van der Waals surface area contributed by atoms with Crippen LogP contribution in [0.25, 0.3) is 0 Å². The maximum Gasteiger partial charge on any atom is 0.236 e. The SMILES string of the molecule is C/N=C(/NC)NCCCC(N)C(=O)NCCSCC(=O)NCCC(=O)NCCCCC1(C)CCCCCCCC(C)C1. The second-order valence-corrected chi connectivity index (χ2v) is 13.3. The first kappa shape index (κ1) is 38.0. The van der Waals surface area contributed by atoms with Crippen LogP contribution in [0.4, 0.5) is 0 Å². The fourth-order valence-electron chi connectivity index (χ4n) is 5.69. The Morgan fingerprint density at radius 1 is 0.929 bits per heavy atom. The van der Waals surface area contributed by atoms with Crippen LogP contribution < -0.4 is 32.3 Å². The third kappa shape index (κ3) is 19.2. The van der Waals surface area contributed by atoms with Crippen molar-refractivity contribution in [2.75, 3.05) is 51.8 Å². The van der Waals surface area contributed by atoms with E-state index < -0.39 is 6.04 Å². The van der Waals surface area contributed by atoms with Crippen LogP contribution in [0.5, 0.6) is 0 Å². The molecular formula is C31H61N7O3S. The van der Waals surface area contributed by atoms with Crippen LogP contribution >= 0.6 is 11.8 Å². The molecule has 0 spiro atoms. The Kier molecular flexibility index (Phi) is 21.2. The molecule has 3 amide bonds. The third-order valence-corrected chi connectivity index (χ3v) is 9.04. The van der Waals surface area contributed by atoms with Gasteiger partial charge < -0.3 is 32.3 Å². The minimum atomic E-state index is -0.560. The average Bonchev–Trinajstić information content (AvgIpc) is 2.96. The summed E-state index contributed by atoms with van der Waals surface area (Å²) in [5.41, 5.74) is 6.39. The molecule has 1 rings (SSSR count). The number of nitrogens with zero attached hydrogens (tertiary/aromatic N) is 1. The van der Waals surface area contributed by atoms with Gasteiger partial charge in [0.25, 0.3) is 0 Å². The van der Waals surface area contributed by atoms with Gasteiger partial charge in [0.15, 0.2) is 5.96 Å². The van der Waals surface area contributed by atoms with E-state index in [-0.39, 0.29) is 24.1 Å². The van der Waals surface area contributed by atoms with Crippen LogP contribution in [-0.4, -0.2) is 81.5 Å². The van der Waals surface area contributed by atoms with Gasteiger partial charge in [-0.3, -0.25) is 19.4 Å². The largest absolute Gasteiger partial charge is 0.359 e. The summed E-state index contributed by atoms with van der Waals surface area (Å²) in [4.78, 5) is 40.4. The molecule has 0 heterocycles. The summed E-state index contributed by atoms with van der Waals surface area (Å²) in [5.74, 6) is 2.12. The van der Waals surface area contributed by atoms with Gasteiger partial charge in [-0.15, -0.1) is 0 Å². The average molecular weight is 612 g/mol. The van der Waals surface area contributed by atoms with Gasteiger partial charge in [0.1, 0.15) is 0 Å². The maximum atomic E-state index is 12.2. The molecule has 10 nitrogen and oxygen atoms in total. The number of guanidine groups is 1. The predicted octanol–water partition coefficient (Wildman–Crippen LogP) is 3.31. The van der Waals surface area contributed by atoms with Gasteiger partial charge in [-0.25, -0.2) is 0 Å². The Morgan fingerprint density at radius 3 is 2.40 bits per heavy atom. The second-order valence-electron chi connectivity index (χ2n) is 12.2. The van der Waals surface area contributed by atoms with E-state index in [4.69, 9.17) is 5.73 Å². The van der Waals surface area contributed by atoms with Crippen LogP contribution in [0, 0.1) is 11.3 Å². The van der Waals surface area contributed by atoms with E-state index in [1.807, 2.05) is 0 Å². The van der Waals surface area contributed by atoms with E-state index in [2.05, 4.69) is 45.4 Å². The number of hydrogen-bond acceptors (Lipinski definition) is 6. The lowest BCUT2D eigenvalue weighted by Crippen LogP contribution is -2.42. The molecule has 1 fully saturated rings. The molecule has 1 saturated carbocycles. The maximum absolute atomic E-state index is 12.2. The minimum absolute atomic E-state index is 0.0164. The smallest absolute Gasteiger partial charge is 0.236 e. The summed E-state index contributed by atoms with van der Waals surface area (Å²) in [5, 5.41) is 14.7. The first-order valence-corrected chi connectivity index (χ1v) is 17.4. The van der Waals surface area contributed by atoms with Crippen molar-refractivity contribution in [1.82, 2.24) is 26.6 Å². The van der Waals surface area contributed by atoms with Crippen molar-refractivity contribution in [1.29, 1.82) is 0 Å². The zero-order valence-corrected chi connectivity index (χ0v) is 27.8. The highest BCUT2D eigenvalue weighted by Gasteiger charge is 2.26. The lowest BCUT2D eigenvalue weighted by Gasteiger charge is -2.33. The molecule has 0 aromatic heterocycles. The molecule has 3 atom stereocenters. The molecule has 3 unspecified atom stereocenters. The fraction of sp³-hybridized carbons (Fsp3) is 0.871. The molecule has 11 heteroatoms. The first-order valence-electron chi connectivity index (χ1n) is 16.2. The van der Waals surface area contributed by atoms with Gasteiger partial charge in [0, 0.05) is 52.4 Å². The normalized spacial score (nSPS) is 20.7. The number of carbonyl (C=O) groups is 3. The zero-order valence-electron chi connectivity index (χ0n) is 27.0. The van der Waals surface area contributed by atoms with E-state index in [1.165, 1.54) is 69.5 Å². The van der Waals surface area contributed by atoms with E-state index in [1.54, 1.807) is 14.1 Å². The second kappa shape index (κ2) is 23.4. The van der Waals surface area contributed by atoms with Gasteiger partial charge in [0.05, 0.1) is 11.8 Å². The number of amides is 3. The summed E-state index contributed by atoms with van der Waals surface area (Å²) < 4.78 is 0. The van der Waals surface area contributed by atoms with Gasteiger partial charge in [-0.05, 0) is 49.9 Å².